The first-order chi connectivity index (χ1) is 14.0. The van der Waals surface area contributed by atoms with Crippen LogP contribution in [-0.4, -0.2) is 64.6 Å². The molecular weight excluding hydrogens is 377 g/mol. The number of amides is 3. The summed E-state index contributed by atoms with van der Waals surface area (Å²) in [5.74, 6) is -0.778. The molecule has 29 heavy (non-hydrogen) atoms. The molecule has 0 unspecified atom stereocenters. The molecule has 3 amide bonds. The van der Waals surface area contributed by atoms with E-state index in [4.69, 9.17) is 5.11 Å². The van der Waals surface area contributed by atoms with Crippen LogP contribution < -0.4 is 10.6 Å². The average molecular weight is 401 g/mol. The summed E-state index contributed by atoms with van der Waals surface area (Å²) in [6, 6.07) is 7.71. The summed E-state index contributed by atoms with van der Waals surface area (Å²) in [5, 5.41) is 14.1. The van der Waals surface area contributed by atoms with Crippen molar-refractivity contribution in [2.24, 2.45) is 0 Å². The van der Waals surface area contributed by atoms with Crippen molar-refractivity contribution < 1.29 is 19.1 Å². The molecule has 3 N–H and O–H groups in total. The second kappa shape index (κ2) is 9.44. The number of hydrogen-bond acceptors (Lipinski definition) is 5. The minimum atomic E-state index is -0.539. The summed E-state index contributed by atoms with van der Waals surface area (Å²) in [7, 11) is 0. The number of aromatic nitrogens is 1. The third-order valence-electron chi connectivity index (χ3n) is 4.74. The van der Waals surface area contributed by atoms with Gasteiger partial charge in [0.1, 0.15) is 6.61 Å². The molecule has 0 saturated carbocycles. The van der Waals surface area contributed by atoms with Gasteiger partial charge in [0, 0.05) is 55.9 Å². The van der Waals surface area contributed by atoms with E-state index < -0.39 is 18.5 Å². The van der Waals surface area contributed by atoms with Crippen molar-refractivity contribution in [1.82, 2.24) is 14.8 Å². The number of aryl methyl sites for hydroxylation is 1. The Kier molecular flexibility index (Phi) is 6.73. The normalized spacial score (nSPS) is 14.5. The SMILES string of the molecule is Cc1cc(NC(=O)Nc2cccc(CN3CCN(C(=O)CO)CC3)c2F)ccn1. The van der Waals surface area contributed by atoms with Gasteiger partial charge < -0.3 is 20.6 Å². The molecule has 2 aromatic rings. The van der Waals surface area contributed by atoms with E-state index in [-0.39, 0.29) is 11.6 Å². The lowest BCUT2D eigenvalue weighted by atomic mass is 10.1. The second-order valence-corrected chi connectivity index (χ2v) is 6.86. The van der Waals surface area contributed by atoms with Crippen molar-refractivity contribution in [2.75, 3.05) is 43.4 Å². The first-order valence-electron chi connectivity index (χ1n) is 9.35. The zero-order chi connectivity index (χ0) is 20.8. The van der Waals surface area contributed by atoms with E-state index in [1.54, 1.807) is 35.4 Å². The molecule has 154 valence electrons. The van der Waals surface area contributed by atoms with Crippen LogP contribution in [0, 0.1) is 12.7 Å². The lowest BCUT2D eigenvalue weighted by Crippen LogP contribution is -2.49. The maximum atomic E-state index is 14.9. The van der Waals surface area contributed by atoms with Gasteiger partial charge in [0.15, 0.2) is 5.82 Å². The highest BCUT2D eigenvalue weighted by atomic mass is 19.1. The molecule has 0 spiro atoms. The van der Waals surface area contributed by atoms with Crippen LogP contribution >= 0.6 is 0 Å². The molecule has 0 radical (unpaired) electrons. The lowest BCUT2D eigenvalue weighted by molar-refractivity contribution is -0.136. The number of anilines is 2. The number of rotatable bonds is 5. The second-order valence-electron chi connectivity index (χ2n) is 6.86. The predicted octanol–water partition coefficient (Wildman–Crippen LogP) is 1.81. The summed E-state index contributed by atoms with van der Waals surface area (Å²) in [6.07, 6.45) is 1.58. The summed E-state index contributed by atoms with van der Waals surface area (Å²) >= 11 is 0. The van der Waals surface area contributed by atoms with Crippen LogP contribution in [0.2, 0.25) is 0 Å². The Hall–Kier alpha value is -3.04. The van der Waals surface area contributed by atoms with Gasteiger partial charge in [0.2, 0.25) is 5.91 Å². The smallest absolute Gasteiger partial charge is 0.323 e. The molecule has 0 aliphatic carbocycles. The highest BCUT2D eigenvalue weighted by Gasteiger charge is 2.21. The minimum absolute atomic E-state index is 0.0971. The number of benzene rings is 1. The van der Waals surface area contributed by atoms with E-state index in [0.717, 1.165) is 5.69 Å². The first kappa shape index (κ1) is 20.7. The molecule has 2 heterocycles. The highest BCUT2D eigenvalue weighted by molar-refractivity contribution is 5.99. The van der Waals surface area contributed by atoms with Crippen molar-refractivity contribution in [3.63, 3.8) is 0 Å². The number of pyridine rings is 1. The molecular formula is C20H24FN5O3. The Morgan fingerprint density at radius 1 is 1.17 bits per heavy atom. The van der Waals surface area contributed by atoms with Crippen molar-refractivity contribution in [3.8, 4) is 0 Å². The molecule has 3 rings (SSSR count). The van der Waals surface area contributed by atoms with E-state index in [1.807, 2.05) is 11.8 Å². The van der Waals surface area contributed by atoms with Crippen LogP contribution in [0.5, 0.6) is 0 Å². The van der Waals surface area contributed by atoms with Crippen molar-refractivity contribution >= 4 is 23.3 Å². The van der Waals surface area contributed by atoms with Crippen LogP contribution in [0.15, 0.2) is 36.5 Å². The summed E-state index contributed by atoms with van der Waals surface area (Å²) < 4.78 is 14.9. The number of urea groups is 1. The van der Waals surface area contributed by atoms with Gasteiger partial charge in [-0.05, 0) is 25.1 Å². The largest absolute Gasteiger partial charge is 0.387 e. The zero-order valence-electron chi connectivity index (χ0n) is 16.2. The van der Waals surface area contributed by atoms with Crippen LogP contribution in [-0.2, 0) is 11.3 Å². The van der Waals surface area contributed by atoms with E-state index in [1.165, 1.54) is 6.07 Å². The number of nitrogens with one attached hydrogen (secondary N) is 2. The number of halogens is 1. The molecule has 9 heteroatoms. The van der Waals surface area contributed by atoms with Gasteiger partial charge in [-0.15, -0.1) is 0 Å². The van der Waals surface area contributed by atoms with Gasteiger partial charge in [-0.1, -0.05) is 12.1 Å². The Morgan fingerprint density at radius 3 is 2.62 bits per heavy atom. The minimum Gasteiger partial charge on any atom is -0.387 e. The molecule has 1 fully saturated rings. The fourth-order valence-corrected chi connectivity index (χ4v) is 3.20. The highest BCUT2D eigenvalue weighted by Crippen LogP contribution is 2.21. The summed E-state index contributed by atoms with van der Waals surface area (Å²) in [5.41, 5.74) is 1.89. The maximum Gasteiger partial charge on any atom is 0.323 e. The number of carbonyl (C=O) groups excluding carboxylic acids is 2. The van der Waals surface area contributed by atoms with Crippen LogP contribution in [0.1, 0.15) is 11.3 Å². The molecule has 1 saturated heterocycles. The summed E-state index contributed by atoms with van der Waals surface area (Å²) in [6.45, 7) is 3.84. The van der Waals surface area contributed by atoms with Gasteiger partial charge in [0.25, 0.3) is 0 Å². The molecule has 1 aromatic carbocycles. The molecule has 8 nitrogen and oxygen atoms in total. The van der Waals surface area contributed by atoms with Gasteiger partial charge in [0.05, 0.1) is 5.69 Å². The van der Waals surface area contributed by atoms with Gasteiger partial charge in [-0.2, -0.15) is 0 Å². The monoisotopic (exact) mass is 401 g/mol. The fraction of sp³-hybridized carbons (Fsp3) is 0.350. The van der Waals surface area contributed by atoms with E-state index in [2.05, 4.69) is 15.6 Å². The number of nitrogens with zero attached hydrogens (tertiary/aromatic N) is 3. The van der Waals surface area contributed by atoms with E-state index >= 15 is 0 Å². The number of carbonyl (C=O) groups is 2. The number of hydrogen-bond donors (Lipinski definition) is 3. The number of aliphatic hydroxyl groups is 1. The third-order valence-corrected chi connectivity index (χ3v) is 4.74. The van der Waals surface area contributed by atoms with Crippen molar-refractivity contribution in [1.29, 1.82) is 0 Å². The standard InChI is InChI=1S/C20H24FN5O3/c1-14-11-16(5-6-22-14)23-20(29)24-17-4-2-3-15(19(17)21)12-25-7-9-26(10-8-25)18(28)13-27/h2-6,11,27H,7-10,12-13H2,1H3,(H2,22,23,24,29). The zero-order valence-corrected chi connectivity index (χ0v) is 16.2. The van der Waals surface area contributed by atoms with Crippen LogP contribution in [0.25, 0.3) is 0 Å². The fourth-order valence-electron chi connectivity index (χ4n) is 3.20. The lowest BCUT2D eigenvalue weighted by Gasteiger charge is -2.34. The quantitative estimate of drug-likeness (QED) is 0.710. The molecule has 1 aromatic heterocycles. The maximum absolute atomic E-state index is 14.9. The molecule has 1 aliphatic rings. The predicted molar refractivity (Wildman–Crippen MR) is 107 cm³/mol. The first-order valence-corrected chi connectivity index (χ1v) is 9.35. The third kappa shape index (κ3) is 5.49. The average Bonchev–Trinajstić information content (AvgIpc) is 2.71. The Morgan fingerprint density at radius 2 is 1.93 bits per heavy atom. The van der Waals surface area contributed by atoms with Crippen molar-refractivity contribution in [3.05, 3.63) is 53.6 Å². The Balaban J connectivity index is 1.59. The Labute approximate surface area is 168 Å². The van der Waals surface area contributed by atoms with Gasteiger partial charge in [-0.25, -0.2) is 9.18 Å². The molecule has 0 atom stereocenters. The van der Waals surface area contributed by atoms with Gasteiger partial charge in [-0.3, -0.25) is 14.7 Å². The number of piperazine rings is 1. The van der Waals surface area contributed by atoms with Crippen LogP contribution in [0.3, 0.4) is 0 Å². The van der Waals surface area contributed by atoms with Gasteiger partial charge >= 0.3 is 6.03 Å². The summed E-state index contributed by atoms with van der Waals surface area (Å²) in [4.78, 5) is 31.4. The van der Waals surface area contributed by atoms with E-state index in [0.29, 0.717) is 44.0 Å². The van der Waals surface area contributed by atoms with Crippen LogP contribution in [0.4, 0.5) is 20.6 Å². The molecule has 0 bridgehead atoms. The topological polar surface area (TPSA) is 97.8 Å². The number of aliphatic hydroxyl groups excluding tert-OH is 1. The van der Waals surface area contributed by atoms with E-state index in [9.17, 15) is 14.0 Å². The van der Waals surface area contributed by atoms with Crippen molar-refractivity contribution in [2.45, 2.75) is 13.5 Å². The Bertz CT molecular complexity index is 884. The molecule has 1 aliphatic heterocycles.